The van der Waals surface area contributed by atoms with Crippen molar-refractivity contribution in [3.8, 4) is 5.75 Å². The van der Waals surface area contributed by atoms with Crippen LogP contribution in [-0.2, 0) is 21.3 Å². The summed E-state index contributed by atoms with van der Waals surface area (Å²) in [7, 11) is -0.415. The molecule has 4 N–H and O–H groups in total. The van der Waals surface area contributed by atoms with Crippen molar-refractivity contribution in [3.63, 3.8) is 0 Å². The lowest BCUT2D eigenvalue weighted by atomic mass is 10.2. The lowest BCUT2D eigenvalue weighted by molar-refractivity contribution is 0.172. The summed E-state index contributed by atoms with van der Waals surface area (Å²) in [4.78, 5) is 4.26. The van der Waals surface area contributed by atoms with Crippen LogP contribution in [0.2, 0.25) is 0 Å². The Morgan fingerprint density at radius 1 is 1.14 bits per heavy atom. The summed E-state index contributed by atoms with van der Waals surface area (Å²) < 4.78 is 33.6. The van der Waals surface area contributed by atoms with Crippen molar-refractivity contribution < 1.29 is 17.9 Å². The first-order valence-corrected chi connectivity index (χ1v) is 10.3. The van der Waals surface area contributed by atoms with Crippen LogP contribution >= 0.6 is 24.0 Å². The summed E-state index contributed by atoms with van der Waals surface area (Å²) in [6.07, 6.45) is 0.814. The summed E-state index contributed by atoms with van der Waals surface area (Å²) in [5.41, 5.74) is 1.58. The number of guanidine groups is 1. The van der Waals surface area contributed by atoms with Crippen LogP contribution in [0.4, 0.5) is 5.69 Å². The molecular weight excluding hydrogens is 507 g/mol. The monoisotopic (exact) mass is 534 g/mol. The number of nitrogens with one attached hydrogen (secondary N) is 2. The van der Waals surface area contributed by atoms with E-state index in [0.717, 1.165) is 23.4 Å². The second-order valence-corrected chi connectivity index (χ2v) is 7.53. The number of hydrogen-bond acceptors (Lipinski definition) is 5. The van der Waals surface area contributed by atoms with Crippen LogP contribution in [-0.4, -0.2) is 41.7 Å². The Hall–Kier alpha value is -1.89. The molecule has 8 nitrogen and oxygen atoms in total. The summed E-state index contributed by atoms with van der Waals surface area (Å²) >= 11 is 0. The Morgan fingerprint density at radius 2 is 1.90 bits per heavy atom. The summed E-state index contributed by atoms with van der Waals surface area (Å²) in [6.45, 7) is 1.61. The van der Waals surface area contributed by atoms with Gasteiger partial charge >= 0.3 is 0 Å². The molecule has 0 aliphatic carbocycles. The molecule has 2 rings (SSSR count). The first kappa shape index (κ1) is 25.1. The second-order valence-electron chi connectivity index (χ2n) is 5.97. The molecule has 0 radical (unpaired) electrons. The van der Waals surface area contributed by atoms with Crippen LogP contribution in [0.1, 0.15) is 12.0 Å². The third-order valence-electron chi connectivity index (χ3n) is 3.77. The first-order chi connectivity index (χ1) is 13.4. The molecule has 0 saturated heterocycles. The number of nitrogens with zero attached hydrogens (tertiary/aromatic N) is 1. The lowest BCUT2D eigenvalue weighted by Crippen LogP contribution is -2.30. The van der Waals surface area contributed by atoms with Crippen molar-refractivity contribution in [1.82, 2.24) is 5.32 Å². The average Bonchev–Trinajstić information content (AvgIpc) is 2.68. The zero-order valence-corrected chi connectivity index (χ0v) is 19.6. The van der Waals surface area contributed by atoms with E-state index in [1.165, 1.54) is 12.1 Å². The van der Waals surface area contributed by atoms with Crippen LogP contribution in [0.3, 0.4) is 0 Å². The largest absolute Gasteiger partial charge is 0.493 e. The molecule has 0 unspecified atom stereocenters. The van der Waals surface area contributed by atoms with E-state index in [2.05, 4.69) is 15.6 Å². The van der Waals surface area contributed by atoms with Crippen molar-refractivity contribution in [2.75, 3.05) is 32.7 Å². The number of primary sulfonamides is 1. The molecule has 0 bridgehead atoms. The lowest BCUT2D eigenvalue weighted by Gasteiger charge is -2.13. The van der Waals surface area contributed by atoms with E-state index in [0.29, 0.717) is 25.7 Å². The molecule has 0 aromatic heterocycles. The Kier molecular flexibility index (Phi) is 10.9. The molecular formula is C19H27IN4O4S. The molecule has 0 aliphatic heterocycles. The SMILES string of the molecule is CN=C(NCc1cccc(S(N)(=O)=O)c1)Nc1cccc(OCCCOC)c1.I. The molecule has 0 aliphatic rings. The molecule has 10 heteroatoms. The minimum Gasteiger partial charge on any atom is -0.493 e. The maximum Gasteiger partial charge on any atom is 0.238 e. The highest BCUT2D eigenvalue weighted by atomic mass is 127. The van der Waals surface area contributed by atoms with Crippen LogP contribution < -0.4 is 20.5 Å². The zero-order chi connectivity index (χ0) is 20.4. The van der Waals surface area contributed by atoms with Gasteiger partial charge in [-0.2, -0.15) is 0 Å². The van der Waals surface area contributed by atoms with Gasteiger partial charge in [-0.25, -0.2) is 13.6 Å². The van der Waals surface area contributed by atoms with Crippen LogP contribution in [0.15, 0.2) is 58.4 Å². The molecule has 2 aromatic carbocycles. The van der Waals surface area contributed by atoms with Gasteiger partial charge in [-0.3, -0.25) is 4.99 Å². The predicted octanol–water partition coefficient (Wildman–Crippen LogP) is 2.55. The van der Waals surface area contributed by atoms with Gasteiger partial charge in [0.05, 0.1) is 11.5 Å². The predicted molar refractivity (Wildman–Crippen MR) is 125 cm³/mol. The van der Waals surface area contributed by atoms with Crippen molar-refractivity contribution in [2.45, 2.75) is 17.9 Å². The number of hydrogen-bond donors (Lipinski definition) is 3. The van der Waals surface area contributed by atoms with E-state index in [9.17, 15) is 8.42 Å². The van der Waals surface area contributed by atoms with Crippen LogP contribution in [0.25, 0.3) is 0 Å². The fourth-order valence-electron chi connectivity index (χ4n) is 2.39. The molecule has 29 heavy (non-hydrogen) atoms. The van der Waals surface area contributed by atoms with Crippen LogP contribution in [0, 0.1) is 0 Å². The molecule has 0 heterocycles. The molecule has 0 saturated carbocycles. The number of aliphatic imine (C=N–C) groups is 1. The van der Waals surface area contributed by atoms with E-state index in [-0.39, 0.29) is 28.9 Å². The number of methoxy groups -OCH3 is 1. The van der Waals surface area contributed by atoms with Gasteiger partial charge in [0.15, 0.2) is 5.96 Å². The fraction of sp³-hybridized carbons (Fsp3) is 0.316. The van der Waals surface area contributed by atoms with E-state index in [1.54, 1.807) is 20.2 Å². The van der Waals surface area contributed by atoms with E-state index in [4.69, 9.17) is 14.6 Å². The summed E-state index contributed by atoms with van der Waals surface area (Å²) in [5, 5.41) is 11.5. The highest BCUT2D eigenvalue weighted by Gasteiger charge is 2.08. The maximum atomic E-state index is 11.5. The maximum absolute atomic E-state index is 11.5. The standard InChI is InChI=1S/C19H26N4O4S.HI/c1-21-19(22-14-15-6-3-9-18(12-15)28(20,24)25)23-16-7-4-8-17(13-16)27-11-5-10-26-2;/h3-4,6-9,12-13H,5,10-11,14H2,1-2H3,(H2,20,24,25)(H2,21,22,23);1H. The molecule has 0 amide bonds. The molecule has 160 valence electrons. The second kappa shape index (κ2) is 12.6. The number of anilines is 1. The number of benzene rings is 2. The smallest absolute Gasteiger partial charge is 0.238 e. The topological polar surface area (TPSA) is 115 Å². The van der Waals surface area contributed by atoms with Crippen molar-refractivity contribution in [2.24, 2.45) is 10.1 Å². The van der Waals surface area contributed by atoms with Gasteiger partial charge in [0.25, 0.3) is 0 Å². The van der Waals surface area contributed by atoms with Crippen LogP contribution in [0.5, 0.6) is 5.75 Å². The third-order valence-corrected chi connectivity index (χ3v) is 4.68. The zero-order valence-electron chi connectivity index (χ0n) is 16.4. The van der Waals surface area contributed by atoms with Gasteiger partial charge < -0.3 is 20.1 Å². The average molecular weight is 534 g/mol. The minimum atomic E-state index is -3.73. The van der Waals surface area contributed by atoms with Gasteiger partial charge in [0.1, 0.15) is 5.75 Å². The van der Waals surface area contributed by atoms with Crippen molar-refractivity contribution in [1.29, 1.82) is 0 Å². The third kappa shape index (κ3) is 8.98. The quantitative estimate of drug-likeness (QED) is 0.197. The number of rotatable bonds is 9. The molecule has 0 fully saturated rings. The molecule has 0 atom stereocenters. The Balaban J connectivity index is 0.00000420. The van der Waals surface area contributed by atoms with Gasteiger partial charge in [0.2, 0.25) is 10.0 Å². The first-order valence-electron chi connectivity index (χ1n) is 8.73. The number of halogens is 1. The summed E-state index contributed by atoms with van der Waals surface area (Å²) in [6, 6.07) is 14.0. The number of ether oxygens (including phenoxy) is 2. The van der Waals surface area contributed by atoms with Gasteiger partial charge in [-0.1, -0.05) is 18.2 Å². The Labute approximate surface area is 189 Å². The fourth-order valence-corrected chi connectivity index (χ4v) is 2.97. The highest BCUT2D eigenvalue weighted by Crippen LogP contribution is 2.17. The van der Waals surface area contributed by atoms with Gasteiger partial charge in [0, 0.05) is 45.5 Å². The Morgan fingerprint density at radius 3 is 2.59 bits per heavy atom. The highest BCUT2D eigenvalue weighted by molar-refractivity contribution is 14.0. The van der Waals surface area contributed by atoms with Gasteiger partial charge in [-0.05, 0) is 29.8 Å². The normalized spacial score (nSPS) is 11.5. The number of sulfonamides is 1. The van der Waals surface area contributed by atoms with E-state index in [1.807, 2.05) is 30.3 Å². The molecule has 2 aromatic rings. The molecule has 0 spiro atoms. The Bertz CT molecular complexity index is 907. The summed E-state index contributed by atoms with van der Waals surface area (Å²) in [5.74, 6) is 1.29. The van der Waals surface area contributed by atoms with E-state index >= 15 is 0 Å². The minimum absolute atomic E-state index is 0. The van der Waals surface area contributed by atoms with Crippen molar-refractivity contribution in [3.05, 3.63) is 54.1 Å². The number of nitrogens with two attached hydrogens (primary N) is 1. The van der Waals surface area contributed by atoms with Gasteiger partial charge in [-0.15, -0.1) is 24.0 Å². The van der Waals surface area contributed by atoms with E-state index < -0.39 is 10.0 Å². The van der Waals surface area contributed by atoms with Crippen molar-refractivity contribution >= 4 is 45.6 Å².